The number of aromatic nitrogens is 3. The Morgan fingerprint density at radius 2 is 1.71 bits per heavy atom. The number of hydrogen-bond donors (Lipinski definition) is 3. The molecule has 42 heavy (non-hydrogen) atoms. The number of hydrogen-bond acceptors (Lipinski definition) is 7. The van der Waals surface area contributed by atoms with Crippen molar-refractivity contribution < 1.29 is 46.2 Å². The van der Waals surface area contributed by atoms with Crippen molar-refractivity contribution in [3.63, 3.8) is 0 Å². The number of ether oxygens (including phenoxy) is 1. The van der Waals surface area contributed by atoms with Crippen molar-refractivity contribution in [2.45, 2.75) is 51.2 Å². The van der Waals surface area contributed by atoms with Crippen LogP contribution in [-0.2, 0) is 22.3 Å². The zero-order chi connectivity index (χ0) is 30.9. The van der Waals surface area contributed by atoms with Crippen molar-refractivity contribution in [1.29, 1.82) is 0 Å². The Morgan fingerprint density at radius 1 is 1.07 bits per heavy atom. The molecule has 3 fully saturated rings. The van der Waals surface area contributed by atoms with Gasteiger partial charge in [0.05, 0.1) is 24.3 Å². The SMILES string of the molecule is COC(=O)C12CCC(CNC(=O)c3cc(C(=O)O)nc4c(F)cnn34)(CC1)CC2.NCc1ccc(F)c(C(F)(F)F)c1. The number of carboxylic acids is 1. The first-order valence-electron chi connectivity index (χ1n) is 12.9. The number of amides is 1. The number of aromatic carboxylic acids is 1. The van der Waals surface area contributed by atoms with Crippen LogP contribution in [0.4, 0.5) is 22.0 Å². The Labute approximate surface area is 236 Å². The monoisotopic (exact) mass is 597 g/mol. The highest BCUT2D eigenvalue weighted by atomic mass is 19.4. The number of esters is 1. The fraction of sp³-hybridized carbons (Fsp3) is 0.444. The molecule has 0 aliphatic heterocycles. The lowest BCUT2D eigenvalue weighted by Crippen LogP contribution is -2.50. The quantitative estimate of drug-likeness (QED) is 0.284. The second kappa shape index (κ2) is 11.6. The van der Waals surface area contributed by atoms with Gasteiger partial charge in [-0.3, -0.25) is 9.59 Å². The summed E-state index contributed by atoms with van der Waals surface area (Å²) >= 11 is 0. The van der Waals surface area contributed by atoms with Crippen LogP contribution in [0.5, 0.6) is 0 Å². The largest absolute Gasteiger partial charge is 0.477 e. The Bertz CT molecular complexity index is 1500. The first-order chi connectivity index (χ1) is 19.7. The van der Waals surface area contributed by atoms with Crippen molar-refractivity contribution in [2.75, 3.05) is 13.7 Å². The number of fused-ring (bicyclic) bond motifs is 4. The molecular formula is C27H28F5N5O5. The number of carbonyl (C=O) groups excluding carboxylic acids is 2. The zero-order valence-electron chi connectivity index (χ0n) is 22.4. The summed E-state index contributed by atoms with van der Waals surface area (Å²) in [6.45, 7) is 0.350. The minimum Gasteiger partial charge on any atom is -0.477 e. The predicted octanol–water partition coefficient (Wildman–Crippen LogP) is 4.11. The van der Waals surface area contributed by atoms with Gasteiger partial charge in [0.1, 0.15) is 11.5 Å². The minimum atomic E-state index is -4.66. The van der Waals surface area contributed by atoms with Crippen molar-refractivity contribution in [2.24, 2.45) is 16.6 Å². The van der Waals surface area contributed by atoms with Crippen LogP contribution in [0.2, 0.25) is 0 Å². The molecule has 1 amide bonds. The second-order valence-electron chi connectivity index (χ2n) is 10.5. The summed E-state index contributed by atoms with van der Waals surface area (Å²) in [6, 6.07) is 3.80. The van der Waals surface area contributed by atoms with Gasteiger partial charge in [-0.2, -0.15) is 18.3 Å². The molecule has 0 saturated heterocycles. The summed E-state index contributed by atoms with van der Waals surface area (Å²) in [5, 5.41) is 15.8. The smallest absolute Gasteiger partial charge is 0.419 e. The van der Waals surface area contributed by atoms with Gasteiger partial charge in [-0.05, 0) is 61.6 Å². The fourth-order valence-corrected chi connectivity index (χ4v) is 5.53. The first-order valence-corrected chi connectivity index (χ1v) is 12.9. The highest BCUT2D eigenvalue weighted by Crippen LogP contribution is 2.57. The third-order valence-electron chi connectivity index (χ3n) is 8.10. The van der Waals surface area contributed by atoms with Gasteiger partial charge in [-0.25, -0.2) is 23.1 Å². The van der Waals surface area contributed by atoms with Crippen LogP contribution in [-0.4, -0.2) is 51.2 Å². The maximum Gasteiger partial charge on any atom is 0.419 e. The summed E-state index contributed by atoms with van der Waals surface area (Å²) in [4.78, 5) is 39.9. The maximum atomic E-state index is 13.9. The molecule has 4 N–H and O–H groups in total. The molecule has 3 aromatic rings. The van der Waals surface area contributed by atoms with E-state index in [1.54, 1.807) is 0 Å². The van der Waals surface area contributed by atoms with Crippen molar-refractivity contribution in [3.05, 3.63) is 64.6 Å². The number of nitrogens with one attached hydrogen (secondary N) is 1. The lowest BCUT2D eigenvalue weighted by atomic mass is 9.53. The molecule has 10 nitrogen and oxygen atoms in total. The molecule has 1 aromatic carbocycles. The highest BCUT2D eigenvalue weighted by Gasteiger charge is 2.53. The Kier molecular flexibility index (Phi) is 8.53. The van der Waals surface area contributed by atoms with Crippen LogP contribution in [0, 0.1) is 22.5 Å². The van der Waals surface area contributed by atoms with E-state index in [4.69, 9.17) is 10.5 Å². The van der Waals surface area contributed by atoms with Crippen molar-refractivity contribution >= 4 is 23.5 Å². The third kappa shape index (κ3) is 6.05. The Morgan fingerprint density at radius 3 is 2.26 bits per heavy atom. The predicted molar refractivity (Wildman–Crippen MR) is 136 cm³/mol. The summed E-state index contributed by atoms with van der Waals surface area (Å²) in [7, 11) is 1.41. The number of carbonyl (C=O) groups is 3. The van der Waals surface area contributed by atoms with Crippen LogP contribution in [0.15, 0.2) is 30.5 Å². The van der Waals surface area contributed by atoms with Crippen LogP contribution < -0.4 is 11.1 Å². The van der Waals surface area contributed by atoms with E-state index in [1.165, 1.54) is 13.2 Å². The fourth-order valence-electron chi connectivity index (χ4n) is 5.53. The molecule has 0 unspecified atom stereocenters. The lowest BCUT2D eigenvalue weighted by molar-refractivity contribution is -0.162. The number of rotatable bonds is 6. The topological polar surface area (TPSA) is 149 Å². The van der Waals surface area contributed by atoms with E-state index >= 15 is 0 Å². The minimum absolute atomic E-state index is 0.0383. The van der Waals surface area contributed by atoms with E-state index in [1.807, 2.05) is 0 Å². The van der Waals surface area contributed by atoms with Crippen molar-refractivity contribution in [3.8, 4) is 0 Å². The number of halogens is 5. The third-order valence-corrected chi connectivity index (χ3v) is 8.10. The van der Waals surface area contributed by atoms with Crippen molar-refractivity contribution in [1.82, 2.24) is 19.9 Å². The van der Waals surface area contributed by atoms with E-state index in [9.17, 15) is 41.4 Å². The maximum absolute atomic E-state index is 13.9. The van der Waals surface area contributed by atoms with E-state index in [-0.39, 0.29) is 34.8 Å². The molecule has 3 aliphatic rings. The van der Waals surface area contributed by atoms with E-state index < -0.39 is 46.4 Å². The molecule has 2 heterocycles. The number of nitrogens with zero attached hydrogens (tertiary/aromatic N) is 3. The Hall–Kier alpha value is -4.14. The average Bonchev–Trinajstić information content (AvgIpc) is 3.36. The van der Waals surface area contributed by atoms with Gasteiger partial charge in [-0.15, -0.1) is 0 Å². The molecule has 0 radical (unpaired) electrons. The molecule has 15 heteroatoms. The lowest BCUT2D eigenvalue weighted by Gasteiger charge is -2.51. The van der Waals surface area contributed by atoms with Gasteiger partial charge in [0, 0.05) is 19.2 Å². The molecule has 2 bridgehead atoms. The molecule has 3 aliphatic carbocycles. The molecule has 0 atom stereocenters. The van der Waals surface area contributed by atoms with Crippen LogP contribution in [0.25, 0.3) is 5.65 Å². The first kappa shape index (κ1) is 30.8. The van der Waals surface area contributed by atoms with Crippen LogP contribution >= 0.6 is 0 Å². The normalized spacial score (nSPS) is 21.4. The second-order valence-corrected chi connectivity index (χ2v) is 10.5. The number of nitrogens with two attached hydrogens (primary N) is 1. The Balaban J connectivity index is 0.000000262. The molecule has 2 aromatic heterocycles. The number of alkyl halides is 3. The molecule has 226 valence electrons. The van der Waals surface area contributed by atoms with Gasteiger partial charge >= 0.3 is 18.1 Å². The average molecular weight is 598 g/mol. The van der Waals surface area contributed by atoms with Gasteiger partial charge in [0.15, 0.2) is 17.2 Å². The molecular weight excluding hydrogens is 569 g/mol. The zero-order valence-corrected chi connectivity index (χ0v) is 22.4. The summed E-state index contributed by atoms with van der Waals surface area (Å²) in [6.07, 6.45) is 0.793. The van der Waals surface area contributed by atoms with Gasteiger partial charge in [-0.1, -0.05) is 6.07 Å². The number of methoxy groups -OCH3 is 1. The molecule has 3 saturated carbocycles. The molecule has 0 spiro atoms. The van der Waals surface area contributed by atoms with Gasteiger partial charge < -0.3 is 20.9 Å². The number of benzene rings is 1. The van der Waals surface area contributed by atoms with Crippen LogP contribution in [0.3, 0.4) is 0 Å². The van der Waals surface area contributed by atoms with Gasteiger partial charge in [0.2, 0.25) is 0 Å². The summed E-state index contributed by atoms with van der Waals surface area (Å²) in [5.41, 5.74) is 2.76. The highest BCUT2D eigenvalue weighted by molar-refractivity contribution is 5.96. The van der Waals surface area contributed by atoms with Crippen LogP contribution in [0.1, 0.15) is 70.6 Å². The summed E-state index contributed by atoms with van der Waals surface area (Å²) in [5.74, 6) is -4.15. The summed E-state index contributed by atoms with van der Waals surface area (Å²) < 4.78 is 68.7. The van der Waals surface area contributed by atoms with E-state index in [2.05, 4.69) is 15.4 Å². The van der Waals surface area contributed by atoms with E-state index in [0.717, 1.165) is 67.4 Å². The van der Waals surface area contributed by atoms with Gasteiger partial charge in [0.25, 0.3) is 5.91 Å². The van der Waals surface area contributed by atoms with E-state index in [0.29, 0.717) is 6.54 Å². The standard InChI is InChI=1S/C19H21FN4O5.C8H7F4N/c1-29-17(28)19-5-2-18(3-6-19,4-7-19)10-21-15(25)13-8-12(16(26)27)23-14-11(20)9-22-24(13)14;9-7-2-1-5(4-13)3-6(7)8(10,11)12/h8-9H,2-7,10H2,1H3,(H,21,25)(H,26,27);1-3H,4,13H2. The number of carboxylic acid groups (broad SMARTS) is 1. The molecule has 6 rings (SSSR count).